The predicted octanol–water partition coefficient (Wildman–Crippen LogP) is 3.85. The molecule has 0 saturated carbocycles. The van der Waals surface area contributed by atoms with Crippen molar-refractivity contribution in [2.45, 2.75) is 59.8 Å². The zero-order valence-corrected chi connectivity index (χ0v) is 21.2. The molecule has 0 spiro atoms. The molecule has 9 nitrogen and oxygen atoms in total. The molecule has 0 saturated heterocycles. The number of tetrazole rings is 1. The third-order valence-electron chi connectivity index (χ3n) is 6.50. The maximum atomic E-state index is 13.2. The molecule has 0 aliphatic heterocycles. The minimum Gasteiger partial charge on any atom is -0.465 e. The van der Waals surface area contributed by atoms with Crippen molar-refractivity contribution in [1.82, 2.24) is 30.1 Å². The largest absolute Gasteiger partial charge is 0.465 e. The summed E-state index contributed by atoms with van der Waals surface area (Å²) in [5, 5.41) is 13.1. The van der Waals surface area contributed by atoms with E-state index in [1.807, 2.05) is 51.1 Å². The summed E-state index contributed by atoms with van der Waals surface area (Å²) < 4.78 is 6.58. The highest BCUT2D eigenvalue weighted by atomic mass is 16.5. The molecular weight excluding hydrogens is 456 g/mol. The fourth-order valence-corrected chi connectivity index (χ4v) is 4.50. The summed E-state index contributed by atoms with van der Waals surface area (Å²) >= 11 is 0. The van der Waals surface area contributed by atoms with Gasteiger partial charge in [0.25, 0.3) is 5.56 Å². The summed E-state index contributed by atoms with van der Waals surface area (Å²) in [6.07, 6.45) is 0.680. The fraction of sp³-hybridized carbons (Fsp3) is 0.370. The fourth-order valence-electron chi connectivity index (χ4n) is 4.50. The molecule has 0 fully saturated rings. The van der Waals surface area contributed by atoms with Gasteiger partial charge in [-0.25, -0.2) is 4.68 Å². The second-order valence-electron chi connectivity index (χ2n) is 8.91. The number of fused-ring (bicyclic) bond motifs is 1. The van der Waals surface area contributed by atoms with Crippen LogP contribution in [0.2, 0.25) is 0 Å². The van der Waals surface area contributed by atoms with E-state index in [1.54, 1.807) is 6.92 Å². The lowest BCUT2D eigenvalue weighted by atomic mass is 10.0. The van der Waals surface area contributed by atoms with E-state index in [-0.39, 0.29) is 24.8 Å². The number of benzene rings is 2. The predicted molar refractivity (Wildman–Crippen MR) is 137 cm³/mol. The van der Waals surface area contributed by atoms with Crippen molar-refractivity contribution < 1.29 is 9.53 Å². The van der Waals surface area contributed by atoms with Gasteiger partial charge in [-0.1, -0.05) is 49.4 Å². The number of carbonyl (C=O) groups excluding carboxylic acids is 1. The molecule has 188 valence electrons. The molecule has 1 unspecified atom stereocenters. The van der Waals surface area contributed by atoms with E-state index in [9.17, 15) is 9.59 Å². The van der Waals surface area contributed by atoms with Crippen LogP contribution in [0, 0.1) is 13.8 Å². The van der Waals surface area contributed by atoms with Crippen LogP contribution < -0.4 is 5.56 Å². The third-order valence-corrected chi connectivity index (χ3v) is 6.50. The van der Waals surface area contributed by atoms with Crippen molar-refractivity contribution in [3.63, 3.8) is 0 Å². The molecule has 4 aromatic rings. The summed E-state index contributed by atoms with van der Waals surface area (Å²) in [6.45, 7) is 9.05. The van der Waals surface area contributed by atoms with Crippen molar-refractivity contribution in [3.8, 4) is 0 Å². The van der Waals surface area contributed by atoms with Gasteiger partial charge in [-0.15, -0.1) is 5.10 Å². The van der Waals surface area contributed by atoms with E-state index in [0.717, 1.165) is 27.6 Å². The lowest BCUT2D eigenvalue weighted by Gasteiger charge is -2.30. The highest BCUT2D eigenvalue weighted by molar-refractivity contribution is 5.83. The maximum absolute atomic E-state index is 13.2. The Bertz CT molecular complexity index is 1400. The van der Waals surface area contributed by atoms with Crippen molar-refractivity contribution in [1.29, 1.82) is 0 Å². The van der Waals surface area contributed by atoms with Crippen LogP contribution in [0.15, 0.2) is 53.3 Å². The quantitative estimate of drug-likeness (QED) is 0.338. The van der Waals surface area contributed by atoms with E-state index in [0.29, 0.717) is 30.9 Å². The zero-order valence-electron chi connectivity index (χ0n) is 21.2. The molecule has 2 heterocycles. The first kappa shape index (κ1) is 25.2. The second kappa shape index (κ2) is 11.3. The lowest BCUT2D eigenvalue weighted by molar-refractivity contribution is -0.144. The van der Waals surface area contributed by atoms with Gasteiger partial charge in [0, 0.05) is 18.7 Å². The first-order chi connectivity index (χ1) is 17.4. The number of esters is 1. The molecule has 1 atom stereocenters. The summed E-state index contributed by atoms with van der Waals surface area (Å²) in [6, 6.07) is 15.9. The number of nitrogens with one attached hydrogen (secondary N) is 1. The number of rotatable bonds is 10. The van der Waals surface area contributed by atoms with E-state index in [2.05, 4.69) is 43.6 Å². The summed E-state index contributed by atoms with van der Waals surface area (Å²) in [7, 11) is 0. The number of hydrogen-bond donors (Lipinski definition) is 1. The molecular formula is C27H32N6O3. The molecule has 1 N–H and O–H groups in total. The van der Waals surface area contributed by atoms with Gasteiger partial charge >= 0.3 is 5.97 Å². The molecule has 0 aliphatic carbocycles. The van der Waals surface area contributed by atoms with Crippen LogP contribution in [0.4, 0.5) is 0 Å². The van der Waals surface area contributed by atoms with Gasteiger partial charge in [-0.05, 0) is 65.8 Å². The van der Waals surface area contributed by atoms with Crippen molar-refractivity contribution in [3.05, 3.63) is 87.0 Å². The average molecular weight is 489 g/mol. The maximum Gasteiger partial charge on any atom is 0.327 e. The molecule has 4 rings (SSSR count). The Balaban J connectivity index is 1.72. The SMILES string of the molecule is CCOC(=O)Cn1nnnc1C(CC)N(Cc1ccccc1)Cc1cc2ccc(C)c(C)c2[nH]c1=O. The van der Waals surface area contributed by atoms with Gasteiger partial charge in [0.1, 0.15) is 6.54 Å². The first-order valence-electron chi connectivity index (χ1n) is 12.2. The van der Waals surface area contributed by atoms with Gasteiger partial charge < -0.3 is 9.72 Å². The molecule has 0 bridgehead atoms. The number of nitrogens with zero attached hydrogens (tertiary/aromatic N) is 5. The van der Waals surface area contributed by atoms with Crippen LogP contribution in [0.1, 0.15) is 54.4 Å². The lowest BCUT2D eigenvalue weighted by Crippen LogP contribution is -2.33. The standard InChI is InChI=1S/C27H32N6O3/c1-5-23(26-29-30-31-33(26)17-24(34)36-6-2)32(15-20-10-8-7-9-11-20)16-22-14-21-13-12-18(3)19(4)25(21)28-27(22)35/h7-14,23H,5-6,15-17H2,1-4H3,(H,28,35). The topological polar surface area (TPSA) is 106 Å². The number of aromatic amines is 1. The minimum absolute atomic E-state index is 0.0684. The van der Waals surface area contributed by atoms with Crippen LogP contribution in [0.5, 0.6) is 0 Å². The van der Waals surface area contributed by atoms with Crippen LogP contribution in [-0.2, 0) is 29.2 Å². The molecule has 9 heteroatoms. The monoisotopic (exact) mass is 488 g/mol. The Labute approximate surface area is 210 Å². The number of hydrogen-bond acceptors (Lipinski definition) is 7. The summed E-state index contributed by atoms with van der Waals surface area (Å²) in [5.41, 5.74) is 4.71. The third kappa shape index (κ3) is 5.52. The van der Waals surface area contributed by atoms with E-state index in [1.165, 1.54) is 4.68 Å². The molecule has 36 heavy (non-hydrogen) atoms. The Kier molecular flexibility index (Phi) is 7.90. The smallest absolute Gasteiger partial charge is 0.327 e. The van der Waals surface area contributed by atoms with Crippen LogP contribution in [0.25, 0.3) is 10.9 Å². The number of ether oxygens (including phenoxy) is 1. The number of H-pyrrole nitrogens is 1. The highest BCUT2D eigenvalue weighted by Gasteiger charge is 2.27. The Morgan fingerprint density at radius 1 is 1.11 bits per heavy atom. The highest BCUT2D eigenvalue weighted by Crippen LogP contribution is 2.27. The molecule has 2 aromatic carbocycles. The van der Waals surface area contributed by atoms with Gasteiger partial charge in [-0.3, -0.25) is 14.5 Å². The Morgan fingerprint density at radius 3 is 2.61 bits per heavy atom. The molecule has 0 radical (unpaired) electrons. The first-order valence-corrected chi connectivity index (χ1v) is 12.2. The van der Waals surface area contributed by atoms with Crippen molar-refractivity contribution in [2.75, 3.05) is 6.61 Å². The summed E-state index contributed by atoms with van der Waals surface area (Å²) in [4.78, 5) is 30.6. The van der Waals surface area contributed by atoms with Gasteiger partial charge in [0.15, 0.2) is 5.82 Å². The number of aromatic nitrogens is 5. The normalized spacial score (nSPS) is 12.2. The zero-order chi connectivity index (χ0) is 25.7. The average Bonchev–Trinajstić information content (AvgIpc) is 3.31. The second-order valence-corrected chi connectivity index (χ2v) is 8.91. The van der Waals surface area contributed by atoms with Gasteiger partial charge in [0.2, 0.25) is 0 Å². The molecule has 0 aliphatic rings. The van der Waals surface area contributed by atoms with Gasteiger partial charge in [-0.2, -0.15) is 0 Å². The van der Waals surface area contributed by atoms with Crippen LogP contribution >= 0.6 is 0 Å². The van der Waals surface area contributed by atoms with E-state index in [4.69, 9.17) is 4.74 Å². The number of aryl methyl sites for hydroxylation is 2. The minimum atomic E-state index is -0.396. The Hall–Kier alpha value is -3.85. The van der Waals surface area contributed by atoms with Crippen LogP contribution in [0.3, 0.4) is 0 Å². The number of pyridine rings is 1. The summed E-state index contributed by atoms with van der Waals surface area (Å²) in [5.74, 6) is 0.164. The van der Waals surface area contributed by atoms with Crippen LogP contribution in [-0.4, -0.2) is 42.7 Å². The van der Waals surface area contributed by atoms with E-state index >= 15 is 0 Å². The van der Waals surface area contributed by atoms with Gasteiger partial charge in [0.05, 0.1) is 18.2 Å². The Morgan fingerprint density at radius 2 is 1.89 bits per heavy atom. The van der Waals surface area contributed by atoms with E-state index < -0.39 is 5.97 Å². The number of carbonyl (C=O) groups is 1. The van der Waals surface area contributed by atoms with Crippen molar-refractivity contribution >= 4 is 16.9 Å². The molecule has 2 aromatic heterocycles. The van der Waals surface area contributed by atoms with Crippen molar-refractivity contribution in [2.24, 2.45) is 0 Å². The molecule has 0 amide bonds.